The van der Waals surface area contributed by atoms with Gasteiger partial charge in [-0.3, -0.25) is 0 Å². The summed E-state index contributed by atoms with van der Waals surface area (Å²) in [6.45, 7) is 7.62. The average Bonchev–Trinajstić information content (AvgIpc) is 3.25. The second-order valence-electron chi connectivity index (χ2n) is 6.64. The first kappa shape index (κ1) is 17.2. The molecule has 130 valence electrons. The van der Waals surface area contributed by atoms with Gasteiger partial charge < -0.3 is 24.1 Å². The highest BCUT2D eigenvalue weighted by Gasteiger charge is 2.48. The molecule has 3 rings (SSSR count). The molecule has 24 heavy (non-hydrogen) atoms. The van der Waals surface area contributed by atoms with Crippen LogP contribution in [-0.4, -0.2) is 42.2 Å². The zero-order valence-corrected chi connectivity index (χ0v) is 14.3. The Kier molecular flexibility index (Phi) is 4.53. The molecule has 5 heteroatoms. The summed E-state index contributed by atoms with van der Waals surface area (Å²) >= 11 is 0. The molecule has 0 unspecified atom stereocenters. The van der Waals surface area contributed by atoms with Crippen molar-refractivity contribution < 1.29 is 24.1 Å². The third-order valence-electron chi connectivity index (χ3n) is 4.55. The molecule has 2 aliphatic rings. The molecule has 1 N–H and O–H groups in total. The lowest BCUT2D eigenvalue weighted by atomic mass is 9.97. The molecule has 1 aromatic rings. The molecule has 0 bridgehead atoms. The Balaban J connectivity index is 1.70. The minimum atomic E-state index is -1.10. The highest BCUT2D eigenvalue weighted by molar-refractivity contribution is 5.28. The Morgan fingerprint density at radius 3 is 2.46 bits per heavy atom. The number of methoxy groups -OCH3 is 1. The first-order valence-electron chi connectivity index (χ1n) is 8.01. The van der Waals surface area contributed by atoms with Crippen LogP contribution in [0, 0.1) is 0 Å². The number of aliphatic hydroxyl groups is 1. The topological polar surface area (TPSA) is 60.5 Å². The Bertz CT molecular complexity index is 621. The fourth-order valence-corrected chi connectivity index (χ4v) is 2.67. The van der Waals surface area contributed by atoms with Crippen molar-refractivity contribution in [2.45, 2.75) is 43.5 Å². The Morgan fingerprint density at radius 2 is 1.88 bits per heavy atom. The highest BCUT2D eigenvalue weighted by Crippen LogP contribution is 2.39. The molecule has 0 spiro atoms. The molecule has 0 radical (unpaired) electrons. The first-order chi connectivity index (χ1) is 11.4. The van der Waals surface area contributed by atoms with Gasteiger partial charge in [-0.1, -0.05) is 30.4 Å². The third-order valence-corrected chi connectivity index (χ3v) is 4.55. The number of rotatable bonds is 5. The van der Waals surface area contributed by atoms with E-state index < -0.39 is 18.0 Å². The minimum Gasteiger partial charge on any atom is -0.497 e. The lowest BCUT2D eigenvalue weighted by Gasteiger charge is -2.39. The molecule has 0 aliphatic carbocycles. The normalized spacial score (nSPS) is 38.9. The van der Waals surface area contributed by atoms with E-state index in [1.54, 1.807) is 20.1 Å². The lowest BCUT2D eigenvalue weighted by molar-refractivity contribution is -0.275. The van der Waals surface area contributed by atoms with Gasteiger partial charge in [0.05, 0.1) is 13.7 Å². The summed E-state index contributed by atoms with van der Waals surface area (Å²) in [6, 6.07) is 7.49. The Hall–Kier alpha value is -1.66. The maximum atomic E-state index is 10.5. The zero-order valence-electron chi connectivity index (χ0n) is 14.3. The predicted molar refractivity (Wildman–Crippen MR) is 89.8 cm³/mol. The first-order valence-corrected chi connectivity index (χ1v) is 8.01. The minimum absolute atomic E-state index is 0.0309. The summed E-state index contributed by atoms with van der Waals surface area (Å²) in [7, 11) is 1.62. The number of hydrogen-bond donors (Lipinski definition) is 1. The van der Waals surface area contributed by atoms with Crippen LogP contribution in [0.5, 0.6) is 5.75 Å². The smallest absolute Gasteiger partial charge is 0.184 e. The highest BCUT2D eigenvalue weighted by atomic mass is 16.7. The molecule has 2 heterocycles. The van der Waals surface area contributed by atoms with E-state index in [0.29, 0.717) is 0 Å². The summed E-state index contributed by atoms with van der Waals surface area (Å²) in [5.41, 5.74) is -0.537. The monoisotopic (exact) mass is 332 g/mol. The number of epoxide rings is 1. The van der Waals surface area contributed by atoms with Crippen LogP contribution < -0.4 is 4.74 Å². The van der Waals surface area contributed by atoms with Crippen molar-refractivity contribution in [3.63, 3.8) is 0 Å². The van der Waals surface area contributed by atoms with Crippen LogP contribution in [0.15, 0.2) is 49.1 Å². The molecule has 0 saturated carbocycles. The van der Waals surface area contributed by atoms with Gasteiger partial charge in [-0.25, -0.2) is 0 Å². The molecular weight excluding hydrogens is 308 g/mol. The molecule has 2 saturated heterocycles. The van der Waals surface area contributed by atoms with Crippen molar-refractivity contribution in [1.29, 1.82) is 0 Å². The van der Waals surface area contributed by atoms with Crippen LogP contribution in [0.25, 0.3) is 0 Å². The zero-order chi connectivity index (χ0) is 17.4. The quantitative estimate of drug-likeness (QED) is 0.664. The fraction of sp³-hybridized carbons (Fsp3) is 0.474. The van der Waals surface area contributed by atoms with E-state index in [0.717, 1.165) is 11.3 Å². The van der Waals surface area contributed by atoms with Crippen LogP contribution in [-0.2, 0) is 14.2 Å². The van der Waals surface area contributed by atoms with E-state index in [1.807, 2.05) is 43.3 Å². The van der Waals surface area contributed by atoms with E-state index in [4.69, 9.17) is 18.9 Å². The van der Waals surface area contributed by atoms with Gasteiger partial charge in [-0.2, -0.15) is 0 Å². The molecule has 2 aliphatic heterocycles. The summed E-state index contributed by atoms with van der Waals surface area (Å²) in [6.07, 6.45) is 4.49. The van der Waals surface area contributed by atoms with Crippen LogP contribution in [0.1, 0.15) is 25.7 Å². The van der Waals surface area contributed by atoms with Gasteiger partial charge in [0, 0.05) is 5.56 Å². The van der Waals surface area contributed by atoms with Gasteiger partial charge in [-0.15, -0.1) is 6.58 Å². The standard InChI is InChI=1S/C19H24O5/c1-5-19(3)16(24-19)11-10-15-18(2,20)12-22-17(23-15)13-6-8-14(21-4)9-7-13/h5-11,15-17,20H,1,12H2,2-4H3/b11-10-/t15-,16+,17+,18+,19+/m0/s1. The maximum Gasteiger partial charge on any atom is 0.184 e. The maximum absolute atomic E-state index is 10.5. The summed E-state index contributed by atoms with van der Waals surface area (Å²) in [4.78, 5) is 0. The lowest BCUT2D eigenvalue weighted by Crippen LogP contribution is -2.49. The molecule has 0 amide bonds. The van der Waals surface area contributed by atoms with Crippen molar-refractivity contribution in [1.82, 2.24) is 0 Å². The number of hydrogen-bond acceptors (Lipinski definition) is 5. The number of ether oxygens (including phenoxy) is 4. The summed E-state index contributed by atoms with van der Waals surface area (Å²) in [5.74, 6) is 0.771. The van der Waals surface area contributed by atoms with E-state index >= 15 is 0 Å². The Labute approximate surface area is 142 Å². The van der Waals surface area contributed by atoms with E-state index in [2.05, 4.69) is 6.58 Å². The predicted octanol–water partition coefficient (Wildman–Crippen LogP) is 2.76. The molecule has 2 fully saturated rings. The van der Waals surface area contributed by atoms with Gasteiger partial charge in [0.15, 0.2) is 6.29 Å². The summed E-state index contributed by atoms with van der Waals surface area (Å²) in [5, 5.41) is 10.5. The average molecular weight is 332 g/mol. The summed E-state index contributed by atoms with van der Waals surface area (Å²) < 4.78 is 22.4. The van der Waals surface area contributed by atoms with Crippen molar-refractivity contribution >= 4 is 0 Å². The van der Waals surface area contributed by atoms with Crippen LogP contribution >= 0.6 is 0 Å². The van der Waals surface area contributed by atoms with Crippen molar-refractivity contribution in [2.24, 2.45) is 0 Å². The van der Waals surface area contributed by atoms with Gasteiger partial charge in [0.25, 0.3) is 0 Å². The van der Waals surface area contributed by atoms with Gasteiger partial charge in [0.1, 0.15) is 29.2 Å². The molecule has 0 aromatic heterocycles. The van der Waals surface area contributed by atoms with Gasteiger partial charge in [-0.05, 0) is 26.0 Å². The molecule has 5 nitrogen and oxygen atoms in total. The van der Waals surface area contributed by atoms with Crippen LogP contribution in [0.3, 0.4) is 0 Å². The fourth-order valence-electron chi connectivity index (χ4n) is 2.67. The second-order valence-corrected chi connectivity index (χ2v) is 6.64. The number of benzene rings is 1. The molecule has 1 aromatic carbocycles. The SMILES string of the molecule is C=C[C@@]1(C)O[C@@H]1/C=C\[C@@H]1O[C@H](c2ccc(OC)cc2)OC[C@@]1(C)O. The second kappa shape index (κ2) is 6.33. The largest absolute Gasteiger partial charge is 0.497 e. The van der Waals surface area contributed by atoms with Gasteiger partial charge >= 0.3 is 0 Å². The van der Waals surface area contributed by atoms with Crippen molar-refractivity contribution in [2.75, 3.05) is 13.7 Å². The van der Waals surface area contributed by atoms with Crippen LogP contribution in [0.4, 0.5) is 0 Å². The van der Waals surface area contributed by atoms with Gasteiger partial charge in [0.2, 0.25) is 0 Å². The molecule has 5 atom stereocenters. The third kappa shape index (κ3) is 3.39. The van der Waals surface area contributed by atoms with E-state index in [-0.39, 0.29) is 18.3 Å². The van der Waals surface area contributed by atoms with E-state index in [1.165, 1.54) is 0 Å². The Morgan fingerprint density at radius 1 is 1.21 bits per heavy atom. The van der Waals surface area contributed by atoms with Crippen molar-refractivity contribution in [3.8, 4) is 5.75 Å². The van der Waals surface area contributed by atoms with Crippen LogP contribution in [0.2, 0.25) is 0 Å². The van der Waals surface area contributed by atoms with E-state index in [9.17, 15) is 5.11 Å². The molecular formula is C19H24O5. The van der Waals surface area contributed by atoms with Crippen molar-refractivity contribution in [3.05, 3.63) is 54.6 Å².